The van der Waals surface area contributed by atoms with Gasteiger partial charge in [-0.1, -0.05) is 38.5 Å². The fraction of sp³-hybridized carbons (Fsp3) is 0.909. The topological polar surface area (TPSA) is 0 Å². The molecule has 0 nitrogen and oxygen atoms in total. The van der Waals surface area contributed by atoms with Crippen LogP contribution in [0.2, 0.25) is 0 Å². The molecule has 1 radical (unpaired) electrons. The lowest BCUT2D eigenvalue weighted by atomic mass is 9.99. The van der Waals surface area contributed by atoms with Crippen molar-refractivity contribution in [3.63, 3.8) is 0 Å². The average Bonchev–Trinajstić information content (AvgIpc) is 2.19. The molecule has 71 valence electrons. The van der Waals surface area contributed by atoms with E-state index in [0.717, 1.165) is 0 Å². The van der Waals surface area contributed by atoms with E-state index in [-0.39, 0.29) is 0 Å². The van der Waals surface area contributed by atoms with Gasteiger partial charge in [-0.2, -0.15) is 11.8 Å². The highest BCUT2D eigenvalue weighted by atomic mass is 32.2. The van der Waals surface area contributed by atoms with Crippen LogP contribution in [-0.2, 0) is 0 Å². The quantitative estimate of drug-likeness (QED) is 0.625. The van der Waals surface area contributed by atoms with Gasteiger partial charge in [0.1, 0.15) is 0 Å². The van der Waals surface area contributed by atoms with Gasteiger partial charge in [0, 0.05) is 0 Å². The maximum Gasteiger partial charge on any atom is -0.000796 e. The molecular formula is C11H21S. The largest absolute Gasteiger partial charge is 0.165 e. The van der Waals surface area contributed by atoms with Gasteiger partial charge in [-0.05, 0) is 30.8 Å². The van der Waals surface area contributed by atoms with Crippen LogP contribution in [0.1, 0.15) is 51.4 Å². The maximum atomic E-state index is 2.22. The SMILES string of the molecule is CSC[C]1CCCCCCCC1. The van der Waals surface area contributed by atoms with E-state index in [9.17, 15) is 0 Å². The van der Waals surface area contributed by atoms with Gasteiger partial charge in [-0.25, -0.2) is 0 Å². The van der Waals surface area contributed by atoms with Crippen LogP contribution in [0.15, 0.2) is 0 Å². The fourth-order valence-electron chi connectivity index (χ4n) is 1.93. The lowest BCUT2D eigenvalue weighted by Gasteiger charge is -2.12. The first kappa shape index (κ1) is 10.4. The Hall–Kier alpha value is 0.350. The first-order chi connectivity index (χ1) is 5.93. The molecule has 0 spiro atoms. The molecule has 0 bridgehead atoms. The number of hydrogen-bond acceptors (Lipinski definition) is 1. The third-order valence-corrected chi connectivity index (χ3v) is 3.36. The van der Waals surface area contributed by atoms with Crippen molar-refractivity contribution < 1.29 is 0 Å². The van der Waals surface area contributed by atoms with Crippen LogP contribution in [0.4, 0.5) is 0 Å². The minimum Gasteiger partial charge on any atom is -0.165 e. The Morgan fingerprint density at radius 1 is 0.917 bits per heavy atom. The molecule has 0 aromatic rings. The third-order valence-electron chi connectivity index (χ3n) is 2.66. The minimum absolute atomic E-state index is 1.32. The molecule has 1 aliphatic rings. The van der Waals surface area contributed by atoms with Crippen molar-refractivity contribution in [1.29, 1.82) is 0 Å². The zero-order valence-electron chi connectivity index (χ0n) is 8.27. The second-order valence-electron chi connectivity index (χ2n) is 3.80. The van der Waals surface area contributed by atoms with E-state index in [1.807, 2.05) is 17.7 Å². The molecule has 0 unspecified atom stereocenters. The van der Waals surface area contributed by atoms with Crippen molar-refractivity contribution in [3.8, 4) is 0 Å². The molecule has 1 heteroatoms. The Morgan fingerprint density at radius 3 is 1.92 bits per heavy atom. The first-order valence-electron chi connectivity index (χ1n) is 5.26. The van der Waals surface area contributed by atoms with Gasteiger partial charge in [0.25, 0.3) is 0 Å². The zero-order valence-corrected chi connectivity index (χ0v) is 9.09. The van der Waals surface area contributed by atoms with E-state index < -0.39 is 0 Å². The average molecular weight is 185 g/mol. The second-order valence-corrected chi connectivity index (χ2v) is 4.67. The molecule has 12 heavy (non-hydrogen) atoms. The normalized spacial score (nSPS) is 22.8. The van der Waals surface area contributed by atoms with E-state index in [0.29, 0.717) is 0 Å². The Kier molecular flexibility index (Phi) is 5.93. The molecule has 1 rings (SSSR count). The van der Waals surface area contributed by atoms with E-state index in [1.54, 1.807) is 0 Å². The van der Waals surface area contributed by atoms with Crippen LogP contribution in [0, 0.1) is 5.92 Å². The zero-order chi connectivity index (χ0) is 8.65. The summed E-state index contributed by atoms with van der Waals surface area (Å²) in [7, 11) is 0. The van der Waals surface area contributed by atoms with Gasteiger partial charge in [0.15, 0.2) is 0 Å². The summed E-state index contributed by atoms with van der Waals surface area (Å²) in [5, 5.41) is 0. The van der Waals surface area contributed by atoms with Crippen LogP contribution in [0.3, 0.4) is 0 Å². The lowest BCUT2D eigenvalue weighted by Crippen LogP contribution is -2.00. The Labute approximate surface area is 81.5 Å². The molecule has 0 amide bonds. The summed E-state index contributed by atoms with van der Waals surface area (Å²) in [6, 6.07) is 0. The predicted molar refractivity (Wildman–Crippen MR) is 58.6 cm³/mol. The summed E-state index contributed by atoms with van der Waals surface area (Å²) in [6.45, 7) is 0. The van der Waals surface area contributed by atoms with E-state index >= 15 is 0 Å². The molecule has 0 aromatic carbocycles. The highest BCUT2D eigenvalue weighted by Crippen LogP contribution is 2.25. The molecule has 0 N–H and O–H groups in total. The number of thioether (sulfide) groups is 1. The maximum absolute atomic E-state index is 2.22. The van der Waals surface area contributed by atoms with Crippen LogP contribution < -0.4 is 0 Å². The van der Waals surface area contributed by atoms with Crippen LogP contribution in [0.25, 0.3) is 0 Å². The highest BCUT2D eigenvalue weighted by molar-refractivity contribution is 7.98. The van der Waals surface area contributed by atoms with Crippen LogP contribution in [0.5, 0.6) is 0 Å². The Balaban J connectivity index is 2.19. The number of hydrogen-bond donors (Lipinski definition) is 0. The third kappa shape index (κ3) is 4.39. The molecule has 0 atom stereocenters. The highest BCUT2D eigenvalue weighted by Gasteiger charge is 2.09. The summed E-state index contributed by atoms with van der Waals surface area (Å²) in [5.41, 5.74) is 0. The summed E-state index contributed by atoms with van der Waals surface area (Å²) in [4.78, 5) is 0. The molecule has 0 saturated heterocycles. The molecule has 0 aliphatic heterocycles. The summed E-state index contributed by atoms with van der Waals surface area (Å²) < 4.78 is 0. The van der Waals surface area contributed by atoms with Crippen molar-refractivity contribution in [3.05, 3.63) is 5.92 Å². The Bertz CT molecular complexity index is 91.2. The van der Waals surface area contributed by atoms with Gasteiger partial charge in [-0.3, -0.25) is 0 Å². The van der Waals surface area contributed by atoms with Crippen molar-refractivity contribution in [2.45, 2.75) is 51.4 Å². The van der Waals surface area contributed by atoms with E-state index in [1.165, 1.54) is 57.1 Å². The summed E-state index contributed by atoms with van der Waals surface area (Å²) >= 11 is 1.99. The smallest absolute Gasteiger partial charge is 0.000796 e. The molecule has 0 heterocycles. The van der Waals surface area contributed by atoms with Gasteiger partial charge in [-0.15, -0.1) is 0 Å². The molecule has 1 fully saturated rings. The fourth-order valence-corrected chi connectivity index (χ4v) is 2.63. The summed E-state index contributed by atoms with van der Waals surface area (Å²) in [5.74, 6) is 3.14. The molecule has 1 aliphatic carbocycles. The Morgan fingerprint density at radius 2 is 1.42 bits per heavy atom. The molecule has 0 aromatic heterocycles. The van der Waals surface area contributed by atoms with Crippen molar-refractivity contribution in [2.24, 2.45) is 0 Å². The summed E-state index contributed by atoms with van der Waals surface area (Å²) in [6.07, 6.45) is 13.9. The van der Waals surface area contributed by atoms with Gasteiger partial charge in [0.2, 0.25) is 0 Å². The van der Waals surface area contributed by atoms with E-state index in [4.69, 9.17) is 0 Å². The lowest BCUT2D eigenvalue weighted by molar-refractivity contribution is 0.624. The van der Waals surface area contributed by atoms with Gasteiger partial charge >= 0.3 is 0 Å². The monoisotopic (exact) mass is 185 g/mol. The van der Waals surface area contributed by atoms with Crippen LogP contribution >= 0.6 is 11.8 Å². The van der Waals surface area contributed by atoms with E-state index in [2.05, 4.69) is 6.26 Å². The second kappa shape index (κ2) is 6.82. The standard InChI is InChI=1S/C11H21S/c1-12-10-11-8-6-4-2-3-5-7-9-11/h2-10H2,1H3. The van der Waals surface area contributed by atoms with Crippen molar-refractivity contribution in [1.82, 2.24) is 0 Å². The van der Waals surface area contributed by atoms with Crippen molar-refractivity contribution in [2.75, 3.05) is 12.0 Å². The first-order valence-corrected chi connectivity index (χ1v) is 6.65. The van der Waals surface area contributed by atoms with Gasteiger partial charge < -0.3 is 0 Å². The molecular weight excluding hydrogens is 164 g/mol. The van der Waals surface area contributed by atoms with Gasteiger partial charge in [0.05, 0.1) is 0 Å². The molecule has 1 saturated carbocycles. The van der Waals surface area contributed by atoms with Crippen LogP contribution in [-0.4, -0.2) is 12.0 Å². The predicted octanol–water partition coefficient (Wildman–Crippen LogP) is 4.06. The number of rotatable bonds is 2. The minimum atomic E-state index is 1.32. The van der Waals surface area contributed by atoms with Crippen molar-refractivity contribution >= 4 is 11.8 Å².